The van der Waals surface area contributed by atoms with E-state index in [0.717, 1.165) is 37.0 Å². The Morgan fingerprint density at radius 2 is 1.65 bits per heavy atom. The van der Waals surface area contributed by atoms with Gasteiger partial charge in [0.05, 0.1) is 0 Å². The summed E-state index contributed by atoms with van der Waals surface area (Å²) in [5.41, 5.74) is 0.197. The highest BCUT2D eigenvalue weighted by Crippen LogP contribution is 2.60. The summed E-state index contributed by atoms with van der Waals surface area (Å²) < 4.78 is 18.5. The van der Waals surface area contributed by atoms with Gasteiger partial charge in [0.2, 0.25) is 5.91 Å². The van der Waals surface area contributed by atoms with Crippen LogP contribution in [0, 0.1) is 29.0 Å². The van der Waals surface area contributed by atoms with E-state index in [1.54, 1.807) is 18.2 Å². The molecular formula is C24H31FN2O4. The van der Waals surface area contributed by atoms with E-state index in [9.17, 15) is 18.8 Å². The lowest BCUT2D eigenvalue weighted by Crippen LogP contribution is -2.53. The molecule has 2 amide bonds. The average Bonchev–Trinajstić information content (AvgIpc) is 2.73. The van der Waals surface area contributed by atoms with Crippen LogP contribution in [0.3, 0.4) is 0 Å². The number of ether oxygens (including phenoxy) is 1. The minimum Gasteiger partial charge on any atom is -0.456 e. The molecule has 0 radical (unpaired) electrons. The number of hydrogen-bond acceptors (Lipinski definition) is 4. The predicted molar refractivity (Wildman–Crippen MR) is 112 cm³/mol. The Balaban J connectivity index is 1.10. The van der Waals surface area contributed by atoms with Gasteiger partial charge < -0.3 is 15.4 Å². The van der Waals surface area contributed by atoms with Crippen LogP contribution in [0.15, 0.2) is 24.3 Å². The minimum atomic E-state index is -0.481. The zero-order chi connectivity index (χ0) is 21.8. The number of carbonyl (C=O) groups excluding carboxylic acids is 3. The minimum absolute atomic E-state index is 0.0411. The summed E-state index contributed by atoms with van der Waals surface area (Å²) in [6, 6.07) is 6.17. The largest absolute Gasteiger partial charge is 0.456 e. The zero-order valence-electron chi connectivity index (χ0n) is 17.8. The Bertz CT molecular complexity index is 805. The van der Waals surface area contributed by atoms with Crippen LogP contribution in [-0.4, -0.2) is 30.9 Å². The number of halogens is 1. The SMILES string of the molecule is O=C(COC(=O)CCCNC(=O)C12CC3CC(CC(C3)C1)C2)NCc1ccccc1F. The molecule has 1 aromatic rings. The van der Waals surface area contributed by atoms with Crippen LogP contribution in [0.25, 0.3) is 0 Å². The standard InChI is InChI=1S/C24H31FN2O4/c25-20-5-2-1-4-19(20)14-27-21(28)15-31-22(29)6-3-7-26-23(30)24-11-16-8-17(12-24)10-18(9-16)13-24/h1-2,4-5,16-18H,3,6-15H2,(H,26,30)(H,27,28). The monoisotopic (exact) mass is 430 g/mol. The molecule has 0 saturated heterocycles. The van der Waals surface area contributed by atoms with Gasteiger partial charge in [0.25, 0.3) is 5.91 Å². The number of rotatable bonds is 9. The molecule has 4 aliphatic rings. The molecule has 0 aliphatic heterocycles. The molecular weight excluding hydrogens is 399 g/mol. The van der Waals surface area contributed by atoms with E-state index in [2.05, 4.69) is 10.6 Å². The van der Waals surface area contributed by atoms with E-state index in [-0.39, 0.29) is 24.3 Å². The predicted octanol–water partition coefficient (Wildman–Crippen LogP) is 3.10. The van der Waals surface area contributed by atoms with E-state index in [4.69, 9.17) is 4.74 Å². The molecule has 1 aromatic carbocycles. The molecule has 6 nitrogen and oxygen atoms in total. The van der Waals surface area contributed by atoms with Gasteiger partial charge in [-0.1, -0.05) is 18.2 Å². The maximum atomic E-state index is 13.5. The van der Waals surface area contributed by atoms with Gasteiger partial charge in [-0.25, -0.2) is 4.39 Å². The van der Waals surface area contributed by atoms with Crippen LogP contribution in [0.4, 0.5) is 4.39 Å². The van der Waals surface area contributed by atoms with Crippen LogP contribution in [0.2, 0.25) is 0 Å². The third-order valence-corrected chi connectivity index (χ3v) is 7.16. The normalized spacial score (nSPS) is 28.2. The fraction of sp³-hybridized carbons (Fsp3) is 0.625. The first-order chi connectivity index (χ1) is 14.9. The number of carbonyl (C=O) groups is 3. The summed E-state index contributed by atoms with van der Waals surface area (Å²) in [5.74, 6) is 0.962. The molecule has 4 aliphatic carbocycles. The Hall–Kier alpha value is -2.44. The summed E-state index contributed by atoms with van der Waals surface area (Å²) in [7, 11) is 0. The molecule has 0 unspecified atom stereocenters. The maximum Gasteiger partial charge on any atom is 0.306 e. The quantitative estimate of drug-likeness (QED) is 0.466. The second kappa shape index (κ2) is 9.37. The number of benzene rings is 1. The van der Waals surface area contributed by atoms with E-state index >= 15 is 0 Å². The number of nitrogens with one attached hydrogen (secondary N) is 2. The van der Waals surface area contributed by atoms with E-state index in [1.807, 2.05) is 0 Å². The fourth-order valence-electron chi connectivity index (χ4n) is 6.12. The van der Waals surface area contributed by atoms with Crippen LogP contribution in [-0.2, 0) is 25.7 Å². The van der Waals surface area contributed by atoms with Crippen molar-refractivity contribution in [1.82, 2.24) is 10.6 Å². The lowest BCUT2D eigenvalue weighted by molar-refractivity contribution is -0.149. The van der Waals surface area contributed by atoms with Gasteiger partial charge in [0.1, 0.15) is 5.82 Å². The molecule has 4 bridgehead atoms. The lowest BCUT2D eigenvalue weighted by atomic mass is 9.49. The van der Waals surface area contributed by atoms with Gasteiger partial charge in [-0.3, -0.25) is 14.4 Å². The van der Waals surface area contributed by atoms with Crippen molar-refractivity contribution in [3.05, 3.63) is 35.6 Å². The third-order valence-electron chi connectivity index (χ3n) is 7.16. The van der Waals surface area contributed by atoms with Gasteiger partial charge >= 0.3 is 5.97 Å². The highest BCUT2D eigenvalue weighted by molar-refractivity contribution is 5.83. The number of esters is 1. The van der Waals surface area contributed by atoms with Crippen molar-refractivity contribution in [2.45, 2.75) is 57.9 Å². The van der Waals surface area contributed by atoms with Crippen molar-refractivity contribution in [2.75, 3.05) is 13.2 Å². The van der Waals surface area contributed by atoms with Crippen molar-refractivity contribution < 1.29 is 23.5 Å². The van der Waals surface area contributed by atoms with Crippen molar-refractivity contribution in [3.8, 4) is 0 Å². The summed E-state index contributed by atoms with van der Waals surface area (Å²) in [6.45, 7) is 0.0848. The van der Waals surface area contributed by atoms with Crippen LogP contribution in [0.1, 0.15) is 56.9 Å². The molecule has 7 heteroatoms. The first-order valence-electron chi connectivity index (χ1n) is 11.4. The van der Waals surface area contributed by atoms with Gasteiger partial charge in [-0.05, 0) is 68.8 Å². The fourth-order valence-corrected chi connectivity index (χ4v) is 6.12. The van der Waals surface area contributed by atoms with Crippen molar-refractivity contribution in [1.29, 1.82) is 0 Å². The van der Waals surface area contributed by atoms with Crippen molar-refractivity contribution >= 4 is 17.8 Å². The van der Waals surface area contributed by atoms with Crippen LogP contribution in [0.5, 0.6) is 0 Å². The van der Waals surface area contributed by atoms with Gasteiger partial charge in [0.15, 0.2) is 6.61 Å². The molecule has 168 valence electrons. The highest BCUT2D eigenvalue weighted by atomic mass is 19.1. The van der Waals surface area contributed by atoms with E-state index in [1.165, 1.54) is 25.3 Å². The van der Waals surface area contributed by atoms with Gasteiger partial charge in [-0.2, -0.15) is 0 Å². The number of amides is 2. The second-order valence-electron chi connectivity index (χ2n) is 9.59. The average molecular weight is 431 g/mol. The first kappa shape index (κ1) is 21.8. The molecule has 0 atom stereocenters. The Morgan fingerprint density at radius 1 is 1.00 bits per heavy atom. The molecule has 31 heavy (non-hydrogen) atoms. The zero-order valence-corrected chi connectivity index (χ0v) is 17.8. The van der Waals surface area contributed by atoms with Crippen molar-refractivity contribution in [3.63, 3.8) is 0 Å². The lowest BCUT2D eigenvalue weighted by Gasteiger charge is -2.55. The Labute approximate surface area is 182 Å². The molecule has 0 spiro atoms. The molecule has 0 heterocycles. The van der Waals surface area contributed by atoms with E-state index < -0.39 is 24.3 Å². The highest BCUT2D eigenvalue weighted by Gasteiger charge is 2.54. The number of hydrogen-bond donors (Lipinski definition) is 2. The second-order valence-corrected chi connectivity index (χ2v) is 9.59. The van der Waals surface area contributed by atoms with Gasteiger partial charge in [-0.15, -0.1) is 0 Å². The molecule has 5 rings (SSSR count). The molecule has 4 saturated carbocycles. The van der Waals surface area contributed by atoms with Gasteiger partial charge in [0, 0.05) is 30.5 Å². The Kier molecular flexibility index (Phi) is 6.58. The van der Waals surface area contributed by atoms with Crippen LogP contribution < -0.4 is 10.6 Å². The van der Waals surface area contributed by atoms with E-state index in [0.29, 0.717) is 18.5 Å². The first-order valence-corrected chi connectivity index (χ1v) is 11.4. The summed E-state index contributed by atoms with van der Waals surface area (Å²) >= 11 is 0. The maximum absolute atomic E-state index is 13.5. The third kappa shape index (κ3) is 5.25. The topological polar surface area (TPSA) is 84.5 Å². The molecule has 4 fully saturated rings. The summed E-state index contributed by atoms with van der Waals surface area (Å²) in [4.78, 5) is 36.5. The molecule has 0 aromatic heterocycles. The summed E-state index contributed by atoms with van der Waals surface area (Å²) in [6.07, 6.45) is 7.58. The van der Waals surface area contributed by atoms with Crippen molar-refractivity contribution in [2.24, 2.45) is 23.2 Å². The summed E-state index contributed by atoms with van der Waals surface area (Å²) in [5, 5.41) is 5.57. The van der Waals surface area contributed by atoms with Crippen LogP contribution >= 0.6 is 0 Å². The smallest absolute Gasteiger partial charge is 0.306 e. The molecule has 2 N–H and O–H groups in total. The Morgan fingerprint density at radius 3 is 2.29 bits per heavy atom.